The fraction of sp³-hybridized carbons (Fsp3) is 0.0667. The van der Waals surface area contributed by atoms with Gasteiger partial charge in [-0.3, -0.25) is 9.48 Å². The van der Waals surface area contributed by atoms with Crippen LogP contribution in [0.3, 0.4) is 0 Å². The molecule has 3 rings (SSSR count). The molecule has 0 saturated carbocycles. The van der Waals surface area contributed by atoms with Crippen LogP contribution < -0.4 is 0 Å². The lowest BCUT2D eigenvalue weighted by atomic mass is 10.0. The van der Waals surface area contributed by atoms with Crippen molar-refractivity contribution in [3.05, 3.63) is 54.1 Å². The molecule has 3 nitrogen and oxygen atoms in total. The van der Waals surface area contributed by atoms with Crippen molar-refractivity contribution in [2.45, 2.75) is 0 Å². The van der Waals surface area contributed by atoms with Gasteiger partial charge in [-0.2, -0.15) is 5.10 Å². The van der Waals surface area contributed by atoms with E-state index in [1.807, 2.05) is 60.3 Å². The molecule has 0 aliphatic heterocycles. The molecular weight excluding hydrogens is 224 g/mol. The molecule has 0 amide bonds. The van der Waals surface area contributed by atoms with Crippen LogP contribution in [0.15, 0.2) is 48.5 Å². The minimum absolute atomic E-state index is 0.680. The van der Waals surface area contributed by atoms with Crippen molar-refractivity contribution in [3.8, 4) is 11.3 Å². The second-order valence-electron chi connectivity index (χ2n) is 4.20. The molecule has 0 radical (unpaired) electrons. The van der Waals surface area contributed by atoms with Gasteiger partial charge in [0.25, 0.3) is 0 Å². The molecular formula is C15H12N2O. The van der Waals surface area contributed by atoms with Crippen LogP contribution in [-0.4, -0.2) is 16.1 Å². The van der Waals surface area contributed by atoms with E-state index >= 15 is 0 Å². The minimum atomic E-state index is 0.680. The van der Waals surface area contributed by atoms with Crippen LogP contribution >= 0.6 is 0 Å². The Morgan fingerprint density at radius 2 is 1.83 bits per heavy atom. The summed E-state index contributed by atoms with van der Waals surface area (Å²) in [4.78, 5) is 11.2. The first-order valence-electron chi connectivity index (χ1n) is 5.77. The Hall–Kier alpha value is -2.42. The predicted molar refractivity (Wildman–Crippen MR) is 71.5 cm³/mol. The number of fused-ring (bicyclic) bond motifs is 1. The molecule has 2 aromatic carbocycles. The molecule has 0 aliphatic carbocycles. The molecule has 0 fully saturated rings. The maximum absolute atomic E-state index is 11.2. The number of aldehydes is 1. The number of aryl methyl sites for hydroxylation is 1. The maximum atomic E-state index is 11.2. The molecule has 1 aromatic heterocycles. The lowest BCUT2D eigenvalue weighted by molar-refractivity contribution is 0.112. The Morgan fingerprint density at radius 3 is 2.56 bits per heavy atom. The van der Waals surface area contributed by atoms with Crippen LogP contribution in [0.25, 0.3) is 22.2 Å². The van der Waals surface area contributed by atoms with Crippen molar-refractivity contribution in [2.75, 3.05) is 0 Å². The number of hydrogen-bond acceptors (Lipinski definition) is 2. The lowest BCUT2D eigenvalue weighted by Crippen LogP contribution is -1.93. The van der Waals surface area contributed by atoms with Gasteiger partial charge in [-0.05, 0) is 6.07 Å². The van der Waals surface area contributed by atoms with Gasteiger partial charge in [0.1, 0.15) is 0 Å². The Bertz CT molecular complexity index is 714. The van der Waals surface area contributed by atoms with Crippen molar-refractivity contribution < 1.29 is 4.79 Å². The Kier molecular flexibility index (Phi) is 2.45. The first-order valence-corrected chi connectivity index (χ1v) is 5.77. The predicted octanol–water partition coefficient (Wildman–Crippen LogP) is 3.05. The quantitative estimate of drug-likeness (QED) is 0.641. The third kappa shape index (κ3) is 1.52. The van der Waals surface area contributed by atoms with Crippen LogP contribution in [0, 0.1) is 0 Å². The zero-order chi connectivity index (χ0) is 12.5. The van der Waals surface area contributed by atoms with Gasteiger partial charge in [0.15, 0.2) is 6.29 Å². The standard InChI is InChI=1S/C15H12N2O/c1-17-15(11-6-3-2-4-7-11)14-12(10-18)8-5-9-13(14)16-17/h2-10H,1H3. The molecule has 0 N–H and O–H groups in total. The second-order valence-corrected chi connectivity index (χ2v) is 4.20. The van der Waals surface area contributed by atoms with E-state index in [2.05, 4.69) is 5.10 Å². The maximum Gasteiger partial charge on any atom is 0.150 e. The van der Waals surface area contributed by atoms with Crippen molar-refractivity contribution in [2.24, 2.45) is 7.05 Å². The first kappa shape index (κ1) is 10.7. The largest absolute Gasteiger partial charge is 0.298 e. The summed E-state index contributed by atoms with van der Waals surface area (Å²) in [6, 6.07) is 15.6. The summed E-state index contributed by atoms with van der Waals surface area (Å²) in [5.41, 5.74) is 3.57. The van der Waals surface area contributed by atoms with Crippen LogP contribution in [0.5, 0.6) is 0 Å². The topological polar surface area (TPSA) is 34.9 Å². The van der Waals surface area contributed by atoms with Gasteiger partial charge < -0.3 is 0 Å². The van der Waals surface area contributed by atoms with Crippen molar-refractivity contribution in [3.63, 3.8) is 0 Å². The van der Waals surface area contributed by atoms with Crippen molar-refractivity contribution >= 4 is 17.2 Å². The summed E-state index contributed by atoms with van der Waals surface area (Å²) in [5, 5.41) is 5.37. The molecule has 18 heavy (non-hydrogen) atoms. The van der Waals surface area contributed by atoms with Gasteiger partial charge in [-0.15, -0.1) is 0 Å². The van der Waals surface area contributed by atoms with E-state index in [0.29, 0.717) is 5.56 Å². The number of benzene rings is 2. The second kappa shape index (κ2) is 4.11. The van der Waals surface area contributed by atoms with E-state index < -0.39 is 0 Å². The molecule has 0 bridgehead atoms. The first-order chi connectivity index (χ1) is 8.81. The molecule has 0 unspecified atom stereocenters. The van der Waals surface area contributed by atoms with E-state index in [9.17, 15) is 4.79 Å². The molecule has 3 heteroatoms. The van der Waals surface area contributed by atoms with Crippen LogP contribution in [0.2, 0.25) is 0 Å². The third-order valence-electron chi connectivity index (χ3n) is 3.07. The normalized spacial score (nSPS) is 10.7. The number of nitrogens with zero attached hydrogens (tertiary/aromatic N) is 2. The molecule has 0 spiro atoms. The highest BCUT2D eigenvalue weighted by Crippen LogP contribution is 2.29. The molecule has 0 saturated heterocycles. The summed E-state index contributed by atoms with van der Waals surface area (Å²) < 4.78 is 1.83. The number of hydrogen-bond donors (Lipinski definition) is 0. The van der Waals surface area contributed by atoms with Gasteiger partial charge >= 0.3 is 0 Å². The number of carbonyl (C=O) groups is 1. The van der Waals surface area contributed by atoms with Crippen molar-refractivity contribution in [1.82, 2.24) is 9.78 Å². The summed E-state index contributed by atoms with van der Waals surface area (Å²) >= 11 is 0. The average molecular weight is 236 g/mol. The van der Waals surface area contributed by atoms with Crippen LogP contribution in [0.4, 0.5) is 0 Å². The molecule has 3 aromatic rings. The summed E-state index contributed by atoms with van der Waals surface area (Å²) in [7, 11) is 1.90. The van der Waals surface area contributed by atoms with Crippen LogP contribution in [-0.2, 0) is 7.05 Å². The van der Waals surface area contributed by atoms with Gasteiger partial charge in [0.2, 0.25) is 0 Å². The van der Waals surface area contributed by atoms with Gasteiger partial charge in [0, 0.05) is 23.6 Å². The fourth-order valence-electron chi connectivity index (χ4n) is 2.30. The molecule has 0 atom stereocenters. The van der Waals surface area contributed by atoms with Crippen molar-refractivity contribution in [1.29, 1.82) is 0 Å². The van der Waals surface area contributed by atoms with E-state index in [1.54, 1.807) is 0 Å². The zero-order valence-electron chi connectivity index (χ0n) is 10.00. The van der Waals surface area contributed by atoms with Gasteiger partial charge in [-0.25, -0.2) is 0 Å². The summed E-state index contributed by atoms with van der Waals surface area (Å²) in [6.07, 6.45) is 0.885. The average Bonchev–Trinajstić information content (AvgIpc) is 2.75. The van der Waals surface area contributed by atoms with Crippen LogP contribution in [0.1, 0.15) is 10.4 Å². The molecule has 88 valence electrons. The Balaban J connectivity index is 2.42. The highest BCUT2D eigenvalue weighted by molar-refractivity contribution is 6.04. The number of carbonyl (C=O) groups excluding carboxylic acids is 1. The minimum Gasteiger partial charge on any atom is -0.298 e. The fourth-order valence-corrected chi connectivity index (χ4v) is 2.30. The Morgan fingerprint density at radius 1 is 1.06 bits per heavy atom. The monoisotopic (exact) mass is 236 g/mol. The summed E-state index contributed by atoms with van der Waals surface area (Å²) in [6.45, 7) is 0. The SMILES string of the molecule is Cn1nc2cccc(C=O)c2c1-c1ccccc1. The van der Waals surface area contributed by atoms with Gasteiger partial charge in [0.05, 0.1) is 11.2 Å². The van der Waals surface area contributed by atoms with E-state index in [4.69, 9.17) is 0 Å². The lowest BCUT2D eigenvalue weighted by Gasteiger charge is -2.03. The summed E-state index contributed by atoms with van der Waals surface area (Å²) in [5.74, 6) is 0. The number of aromatic nitrogens is 2. The third-order valence-corrected chi connectivity index (χ3v) is 3.07. The van der Waals surface area contributed by atoms with E-state index in [0.717, 1.165) is 28.4 Å². The van der Waals surface area contributed by atoms with E-state index in [1.165, 1.54) is 0 Å². The molecule has 0 aliphatic rings. The van der Waals surface area contributed by atoms with E-state index in [-0.39, 0.29) is 0 Å². The Labute approximate surface area is 105 Å². The smallest absolute Gasteiger partial charge is 0.150 e. The molecule has 1 heterocycles. The highest BCUT2D eigenvalue weighted by atomic mass is 16.1. The van der Waals surface area contributed by atoms with Gasteiger partial charge in [-0.1, -0.05) is 42.5 Å². The highest BCUT2D eigenvalue weighted by Gasteiger charge is 2.13. The number of rotatable bonds is 2. The zero-order valence-corrected chi connectivity index (χ0v) is 10.00.